The first-order valence-electron chi connectivity index (χ1n) is 8.04. The highest BCUT2D eigenvalue weighted by Crippen LogP contribution is 2.40. The van der Waals surface area contributed by atoms with Crippen LogP contribution in [0.2, 0.25) is 0 Å². The van der Waals surface area contributed by atoms with E-state index in [0.717, 1.165) is 18.5 Å². The predicted molar refractivity (Wildman–Crippen MR) is 90.4 cm³/mol. The van der Waals surface area contributed by atoms with Crippen LogP contribution < -0.4 is 15.4 Å². The molecule has 1 heterocycles. The van der Waals surface area contributed by atoms with E-state index in [4.69, 9.17) is 9.84 Å². The zero-order valence-electron chi connectivity index (χ0n) is 13.6. The van der Waals surface area contributed by atoms with Gasteiger partial charge in [0.2, 0.25) is 5.95 Å². The van der Waals surface area contributed by atoms with Crippen LogP contribution in [0.25, 0.3) is 0 Å². The molecule has 0 saturated heterocycles. The SMILES string of the molecule is COc1ccc(Nc2cc(C3CC3)nc(NCCCO)n2)cc1F. The van der Waals surface area contributed by atoms with Gasteiger partial charge in [-0.2, -0.15) is 4.98 Å². The summed E-state index contributed by atoms with van der Waals surface area (Å²) in [6, 6.07) is 6.58. The average molecular weight is 332 g/mol. The number of hydrogen-bond acceptors (Lipinski definition) is 6. The Morgan fingerprint density at radius 2 is 2.12 bits per heavy atom. The number of rotatable bonds is 8. The molecule has 0 amide bonds. The van der Waals surface area contributed by atoms with Gasteiger partial charge in [-0.15, -0.1) is 0 Å². The summed E-state index contributed by atoms with van der Waals surface area (Å²) in [5.74, 6) is 1.38. The second-order valence-corrected chi connectivity index (χ2v) is 5.75. The maximum absolute atomic E-state index is 13.8. The number of aliphatic hydroxyl groups is 1. The number of aliphatic hydroxyl groups excluding tert-OH is 1. The number of nitrogens with zero attached hydrogens (tertiary/aromatic N) is 2. The summed E-state index contributed by atoms with van der Waals surface area (Å²) in [6.45, 7) is 0.715. The minimum absolute atomic E-state index is 0.117. The van der Waals surface area contributed by atoms with Crippen molar-refractivity contribution in [3.05, 3.63) is 35.8 Å². The summed E-state index contributed by atoms with van der Waals surface area (Å²) in [7, 11) is 1.43. The van der Waals surface area contributed by atoms with Gasteiger partial charge in [0.15, 0.2) is 11.6 Å². The first-order chi connectivity index (χ1) is 11.7. The molecule has 0 unspecified atom stereocenters. The minimum atomic E-state index is -0.430. The Morgan fingerprint density at radius 1 is 1.29 bits per heavy atom. The van der Waals surface area contributed by atoms with E-state index in [9.17, 15) is 4.39 Å². The molecular formula is C17H21FN4O2. The van der Waals surface area contributed by atoms with E-state index in [1.54, 1.807) is 12.1 Å². The number of ether oxygens (including phenoxy) is 1. The van der Waals surface area contributed by atoms with E-state index in [1.165, 1.54) is 13.2 Å². The maximum Gasteiger partial charge on any atom is 0.224 e. The fourth-order valence-electron chi connectivity index (χ4n) is 2.37. The number of nitrogens with one attached hydrogen (secondary N) is 2. The minimum Gasteiger partial charge on any atom is -0.494 e. The fraction of sp³-hybridized carbons (Fsp3) is 0.412. The smallest absolute Gasteiger partial charge is 0.224 e. The molecule has 1 aliphatic carbocycles. The second-order valence-electron chi connectivity index (χ2n) is 5.75. The third-order valence-electron chi connectivity index (χ3n) is 3.78. The molecule has 3 rings (SSSR count). The molecule has 2 aromatic rings. The van der Waals surface area contributed by atoms with Crippen LogP contribution in [0.4, 0.5) is 21.8 Å². The zero-order valence-corrected chi connectivity index (χ0v) is 13.6. The Hall–Kier alpha value is -2.41. The average Bonchev–Trinajstić information content (AvgIpc) is 3.40. The van der Waals surface area contributed by atoms with E-state index in [0.29, 0.717) is 36.3 Å². The molecule has 6 nitrogen and oxygen atoms in total. The summed E-state index contributed by atoms with van der Waals surface area (Å²) in [6.07, 6.45) is 2.89. The van der Waals surface area contributed by atoms with E-state index in [1.807, 2.05) is 6.07 Å². The molecule has 1 fully saturated rings. The van der Waals surface area contributed by atoms with Gasteiger partial charge in [-0.05, 0) is 31.4 Å². The molecule has 0 radical (unpaired) electrons. The molecule has 0 spiro atoms. The molecule has 24 heavy (non-hydrogen) atoms. The Balaban J connectivity index is 1.79. The van der Waals surface area contributed by atoms with E-state index in [2.05, 4.69) is 20.6 Å². The zero-order chi connectivity index (χ0) is 16.9. The third kappa shape index (κ3) is 4.11. The van der Waals surface area contributed by atoms with Crippen molar-refractivity contribution in [1.82, 2.24) is 9.97 Å². The first-order valence-corrected chi connectivity index (χ1v) is 8.04. The van der Waals surface area contributed by atoms with Gasteiger partial charge in [0, 0.05) is 36.9 Å². The normalized spacial score (nSPS) is 13.6. The second kappa shape index (κ2) is 7.44. The summed E-state index contributed by atoms with van der Waals surface area (Å²) in [5.41, 5.74) is 1.57. The van der Waals surface area contributed by atoms with E-state index in [-0.39, 0.29) is 12.4 Å². The van der Waals surface area contributed by atoms with Crippen LogP contribution in [-0.2, 0) is 0 Å². The summed E-state index contributed by atoms with van der Waals surface area (Å²) in [5, 5.41) is 15.1. The quantitative estimate of drug-likeness (QED) is 0.645. The van der Waals surface area contributed by atoms with Gasteiger partial charge in [0.05, 0.1) is 12.8 Å². The van der Waals surface area contributed by atoms with Crippen LogP contribution in [0.1, 0.15) is 30.9 Å². The van der Waals surface area contributed by atoms with Crippen molar-refractivity contribution in [3.8, 4) is 5.75 Å². The molecule has 0 bridgehead atoms. The van der Waals surface area contributed by atoms with Crippen molar-refractivity contribution < 1.29 is 14.2 Å². The van der Waals surface area contributed by atoms with Crippen molar-refractivity contribution >= 4 is 17.5 Å². The van der Waals surface area contributed by atoms with Crippen molar-refractivity contribution in [3.63, 3.8) is 0 Å². The van der Waals surface area contributed by atoms with Gasteiger partial charge in [-0.3, -0.25) is 0 Å². The van der Waals surface area contributed by atoms with Gasteiger partial charge in [-0.25, -0.2) is 9.37 Å². The molecule has 7 heteroatoms. The monoisotopic (exact) mass is 332 g/mol. The van der Waals surface area contributed by atoms with Gasteiger partial charge < -0.3 is 20.5 Å². The number of halogens is 1. The van der Waals surface area contributed by atoms with Crippen LogP contribution in [0.5, 0.6) is 5.75 Å². The summed E-state index contributed by atoms with van der Waals surface area (Å²) in [4.78, 5) is 8.93. The summed E-state index contributed by atoms with van der Waals surface area (Å²) < 4.78 is 18.7. The molecule has 1 aromatic carbocycles. The summed E-state index contributed by atoms with van der Waals surface area (Å²) >= 11 is 0. The number of aromatic nitrogens is 2. The topological polar surface area (TPSA) is 79.3 Å². The number of anilines is 3. The third-order valence-corrected chi connectivity index (χ3v) is 3.78. The van der Waals surface area contributed by atoms with Crippen LogP contribution in [-0.4, -0.2) is 35.3 Å². The van der Waals surface area contributed by atoms with Crippen LogP contribution >= 0.6 is 0 Å². The largest absolute Gasteiger partial charge is 0.494 e. The van der Waals surface area contributed by atoms with Crippen LogP contribution in [0.3, 0.4) is 0 Å². The number of benzene rings is 1. The van der Waals surface area contributed by atoms with Crippen molar-refractivity contribution in [2.75, 3.05) is 30.9 Å². The fourth-order valence-corrected chi connectivity index (χ4v) is 2.37. The Kier molecular flexibility index (Phi) is 5.10. The predicted octanol–water partition coefficient (Wildman–Crippen LogP) is 3.04. The van der Waals surface area contributed by atoms with E-state index < -0.39 is 5.82 Å². The molecule has 1 saturated carbocycles. The van der Waals surface area contributed by atoms with Crippen molar-refractivity contribution in [2.45, 2.75) is 25.2 Å². The van der Waals surface area contributed by atoms with Gasteiger partial charge in [-0.1, -0.05) is 0 Å². The molecule has 0 aliphatic heterocycles. The van der Waals surface area contributed by atoms with Crippen LogP contribution in [0.15, 0.2) is 24.3 Å². The maximum atomic E-state index is 13.8. The number of methoxy groups -OCH3 is 1. The molecule has 1 aromatic heterocycles. The lowest BCUT2D eigenvalue weighted by Gasteiger charge is -2.11. The van der Waals surface area contributed by atoms with Gasteiger partial charge >= 0.3 is 0 Å². The lowest BCUT2D eigenvalue weighted by molar-refractivity contribution is 0.292. The highest BCUT2D eigenvalue weighted by atomic mass is 19.1. The van der Waals surface area contributed by atoms with Gasteiger partial charge in [0.1, 0.15) is 5.82 Å². The number of hydrogen-bond donors (Lipinski definition) is 3. The van der Waals surface area contributed by atoms with Crippen molar-refractivity contribution in [1.29, 1.82) is 0 Å². The standard InChI is InChI=1S/C17H21FN4O2/c1-24-15-6-5-12(9-13(15)18)20-16-10-14(11-3-4-11)21-17(22-16)19-7-2-8-23/h5-6,9-11,23H,2-4,7-8H2,1H3,(H2,19,20,21,22). The van der Waals surface area contributed by atoms with Crippen LogP contribution in [0, 0.1) is 5.82 Å². The van der Waals surface area contributed by atoms with E-state index >= 15 is 0 Å². The van der Waals surface area contributed by atoms with Gasteiger partial charge in [0.25, 0.3) is 0 Å². The Morgan fingerprint density at radius 3 is 2.79 bits per heavy atom. The highest BCUT2D eigenvalue weighted by molar-refractivity contribution is 5.59. The highest BCUT2D eigenvalue weighted by Gasteiger charge is 2.26. The molecule has 128 valence electrons. The molecule has 1 aliphatic rings. The Labute approximate surface area is 140 Å². The molecule has 3 N–H and O–H groups in total. The van der Waals surface area contributed by atoms with Crippen molar-refractivity contribution in [2.24, 2.45) is 0 Å². The lowest BCUT2D eigenvalue weighted by atomic mass is 10.2. The lowest BCUT2D eigenvalue weighted by Crippen LogP contribution is -2.09. The Bertz CT molecular complexity index is 707. The molecule has 0 atom stereocenters. The molecular weight excluding hydrogens is 311 g/mol. The first kappa shape index (κ1) is 16.4.